The highest BCUT2D eigenvalue weighted by atomic mass is 32.2. The van der Waals surface area contributed by atoms with Gasteiger partial charge in [0.1, 0.15) is 5.69 Å². The number of aromatic nitrogens is 1. The predicted octanol–water partition coefficient (Wildman–Crippen LogP) is 3.57. The van der Waals surface area contributed by atoms with Gasteiger partial charge >= 0.3 is 0 Å². The molecule has 9 nitrogen and oxygen atoms in total. The molecule has 2 unspecified atom stereocenters. The Morgan fingerprint density at radius 1 is 1.11 bits per heavy atom. The van der Waals surface area contributed by atoms with Gasteiger partial charge in [-0.15, -0.1) is 0 Å². The molecule has 0 spiro atoms. The zero-order valence-corrected chi connectivity index (χ0v) is 21.7. The molecule has 3 aliphatic rings. The van der Waals surface area contributed by atoms with Gasteiger partial charge in [0.05, 0.1) is 29.3 Å². The number of fused-ring (bicyclic) bond motifs is 1. The van der Waals surface area contributed by atoms with E-state index in [4.69, 9.17) is 5.11 Å². The van der Waals surface area contributed by atoms with Crippen LogP contribution in [0.15, 0.2) is 41.3 Å². The third kappa shape index (κ3) is 5.42. The van der Waals surface area contributed by atoms with Gasteiger partial charge in [-0.3, -0.25) is 14.3 Å². The van der Waals surface area contributed by atoms with E-state index < -0.39 is 39.8 Å². The first-order valence-corrected chi connectivity index (χ1v) is 14.6. The van der Waals surface area contributed by atoms with Gasteiger partial charge in [-0.1, -0.05) is 0 Å². The number of hydrogen-bond acceptors (Lipinski definition) is 6. The number of alkyl halides is 2. The molecule has 2 atom stereocenters. The minimum absolute atomic E-state index is 0.0523. The molecule has 1 aromatic carbocycles. The lowest BCUT2D eigenvalue weighted by molar-refractivity contribution is -0.0442. The zero-order chi connectivity index (χ0) is 27.1. The molecule has 1 aliphatic heterocycles. The first-order valence-electron chi connectivity index (χ1n) is 13.0. The number of aliphatic hydroxyl groups is 1. The van der Waals surface area contributed by atoms with Crippen molar-refractivity contribution in [1.82, 2.24) is 4.57 Å². The normalized spacial score (nSPS) is 23.0. The molecule has 1 saturated heterocycles. The van der Waals surface area contributed by atoms with Gasteiger partial charge in [0.15, 0.2) is 0 Å². The summed E-state index contributed by atoms with van der Waals surface area (Å²) in [5.74, 6) is -3.14. The van der Waals surface area contributed by atoms with Gasteiger partial charge in [0, 0.05) is 37.7 Å². The van der Waals surface area contributed by atoms with Crippen molar-refractivity contribution in [3.8, 4) is 0 Å². The Morgan fingerprint density at radius 3 is 2.53 bits per heavy atom. The lowest BCUT2D eigenvalue weighted by Crippen LogP contribution is -2.40. The average molecular weight is 551 g/mol. The van der Waals surface area contributed by atoms with Crippen LogP contribution in [0.5, 0.6) is 0 Å². The van der Waals surface area contributed by atoms with Crippen LogP contribution in [0.3, 0.4) is 0 Å². The third-order valence-electron chi connectivity index (χ3n) is 8.01. The molecule has 2 heterocycles. The molecule has 0 radical (unpaired) electrons. The molecular weight excluding hydrogens is 518 g/mol. The van der Waals surface area contributed by atoms with E-state index in [9.17, 15) is 26.8 Å². The number of nitrogens with zero attached hydrogens (tertiary/aromatic N) is 2. The second kappa shape index (κ2) is 10.3. The number of sulfonamides is 1. The molecule has 12 heteroatoms. The van der Waals surface area contributed by atoms with Crippen LogP contribution in [-0.4, -0.2) is 54.9 Å². The smallest absolute Gasteiger partial charge is 0.274 e. The van der Waals surface area contributed by atoms with E-state index in [0.29, 0.717) is 17.2 Å². The summed E-state index contributed by atoms with van der Waals surface area (Å²) >= 11 is 0. The number of carbonyl (C=O) groups is 1. The average Bonchev–Trinajstić information content (AvgIpc) is 3.13. The topological polar surface area (TPSA) is 121 Å². The number of nitrogens with one attached hydrogen (secondary N) is 2. The molecular formula is C26H32F2N4O5S. The van der Waals surface area contributed by atoms with Crippen LogP contribution in [0.1, 0.15) is 61.3 Å². The summed E-state index contributed by atoms with van der Waals surface area (Å²) in [6.07, 6.45) is 4.44. The van der Waals surface area contributed by atoms with Crippen molar-refractivity contribution in [2.75, 3.05) is 33.8 Å². The van der Waals surface area contributed by atoms with Gasteiger partial charge in [-0.05, 0) is 68.4 Å². The minimum atomic E-state index is -3.76. The predicted molar refractivity (Wildman–Crippen MR) is 141 cm³/mol. The van der Waals surface area contributed by atoms with Crippen molar-refractivity contribution in [3.05, 3.63) is 52.4 Å². The standard InChI is InChI=1S/C26H32F2N4O5S/c27-26(28)10-7-19(8-11-26)31-12-1-2-21(25(31)35)29-24(34)20-5-4-18(30-38(36,37)15-14-33)16-23(20)32-13-9-17-3-6-22(17)32/h1-2,4-5,12,16-17,19,22,30,33H,3,6-11,13-15H2,(H,29,34). The van der Waals surface area contributed by atoms with Gasteiger partial charge < -0.3 is 19.9 Å². The van der Waals surface area contributed by atoms with E-state index in [1.165, 1.54) is 22.8 Å². The van der Waals surface area contributed by atoms with Crippen LogP contribution >= 0.6 is 0 Å². The number of rotatable bonds is 8. The van der Waals surface area contributed by atoms with E-state index in [-0.39, 0.29) is 49.1 Å². The van der Waals surface area contributed by atoms with Gasteiger partial charge in [-0.2, -0.15) is 0 Å². The van der Waals surface area contributed by atoms with Crippen LogP contribution in [0.25, 0.3) is 0 Å². The van der Waals surface area contributed by atoms with Crippen LogP contribution in [-0.2, 0) is 10.0 Å². The highest BCUT2D eigenvalue weighted by Gasteiger charge is 2.42. The van der Waals surface area contributed by atoms with Gasteiger partial charge in [0.25, 0.3) is 11.5 Å². The minimum Gasteiger partial charge on any atom is -0.395 e. The van der Waals surface area contributed by atoms with Gasteiger partial charge in [-0.25, -0.2) is 17.2 Å². The summed E-state index contributed by atoms with van der Waals surface area (Å²) in [7, 11) is -3.76. The maximum absolute atomic E-state index is 13.6. The van der Waals surface area contributed by atoms with E-state index in [2.05, 4.69) is 14.9 Å². The molecule has 5 rings (SSSR count). The quantitative estimate of drug-likeness (QED) is 0.462. The Labute approximate surface area is 219 Å². The summed E-state index contributed by atoms with van der Waals surface area (Å²) in [5.41, 5.74) is 0.756. The Bertz CT molecular complexity index is 1370. The Hall–Kier alpha value is -2.99. The molecule has 2 saturated carbocycles. The van der Waals surface area contributed by atoms with E-state index >= 15 is 0 Å². The fourth-order valence-electron chi connectivity index (χ4n) is 5.83. The third-order valence-corrected chi connectivity index (χ3v) is 9.27. The molecule has 3 N–H and O–H groups in total. The number of anilines is 3. The number of carbonyl (C=O) groups excluding carboxylic acids is 1. The van der Waals surface area contributed by atoms with Crippen LogP contribution in [0, 0.1) is 5.92 Å². The van der Waals surface area contributed by atoms with E-state index in [1.54, 1.807) is 18.3 Å². The van der Waals surface area contributed by atoms with Crippen molar-refractivity contribution in [2.24, 2.45) is 5.92 Å². The number of aliphatic hydroxyl groups excluding tert-OH is 1. The molecule has 1 amide bonds. The van der Waals surface area contributed by atoms with Crippen molar-refractivity contribution in [3.63, 3.8) is 0 Å². The van der Waals surface area contributed by atoms with Crippen LogP contribution < -0.4 is 20.5 Å². The molecule has 2 aromatic rings. The second-order valence-electron chi connectivity index (χ2n) is 10.4. The lowest BCUT2D eigenvalue weighted by Gasteiger charge is -2.38. The monoisotopic (exact) mass is 550 g/mol. The van der Waals surface area contributed by atoms with Gasteiger partial charge in [0.2, 0.25) is 15.9 Å². The fraction of sp³-hybridized carbons (Fsp3) is 0.538. The first-order chi connectivity index (χ1) is 18.1. The number of pyridine rings is 1. The van der Waals surface area contributed by atoms with Crippen molar-refractivity contribution >= 4 is 33.0 Å². The summed E-state index contributed by atoms with van der Waals surface area (Å²) in [6, 6.07) is 7.64. The molecule has 38 heavy (non-hydrogen) atoms. The molecule has 1 aromatic heterocycles. The number of halogens is 2. The summed E-state index contributed by atoms with van der Waals surface area (Å²) in [4.78, 5) is 28.8. The fourth-order valence-corrected chi connectivity index (χ4v) is 6.66. The number of benzene rings is 1. The maximum Gasteiger partial charge on any atom is 0.274 e. The van der Waals surface area contributed by atoms with E-state index in [1.807, 2.05) is 0 Å². The maximum atomic E-state index is 13.6. The number of hydrogen-bond donors (Lipinski definition) is 3. The number of amides is 1. The van der Waals surface area contributed by atoms with Crippen LogP contribution in [0.4, 0.5) is 25.8 Å². The summed E-state index contributed by atoms with van der Waals surface area (Å²) < 4.78 is 55.5. The summed E-state index contributed by atoms with van der Waals surface area (Å²) in [5, 5.41) is 11.7. The molecule has 3 fully saturated rings. The van der Waals surface area contributed by atoms with Crippen LogP contribution in [0.2, 0.25) is 0 Å². The summed E-state index contributed by atoms with van der Waals surface area (Å²) in [6.45, 7) is 0.212. The Kier molecular flexibility index (Phi) is 7.21. The first kappa shape index (κ1) is 26.6. The highest BCUT2D eigenvalue weighted by molar-refractivity contribution is 7.92. The highest BCUT2D eigenvalue weighted by Crippen LogP contribution is 2.44. The zero-order valence-electron chi connectivity index (χ0n) is 20.9. The molecule has 0 bridgehead atoms. The van der Waals surface area contributed by atoms with Crippen molar-refractivity contribution < 1.29 is 27.1 Å². The van der Waals surface area contributed by atoms with Crippen molar-refractivity contribution in [2.45, 2.75) is 63.0 Å². The Morgan fingerprint density at radius 2 is 1.87 bits per heavy atom. The Balaban J connectivity index is 1.42. The molecule has 2 aliphatic carbocycles. The second-order valence-corrected chi connectivity index (χ2v) is 12.3. The van der Waals surface area contributed by atoms with E-state index in [0.717, 1.165) is 25.8 Å². The SMILES string of the molecule is O=C(Nc1cccn(C2CCC(F)(F)CC2)c1=O)c1ccc(NS(=O)(=O)CCO)cc1N1CCC2CCC21. The lowest BCUT2D eigenvalue weighted by atomic mass is 9.80. The molecule has 206 valence electrons. The van der Waals surface area contributed by atoms with Crippen molar-refractivity contribution in [1.29, 1.82) is 0 Å². The largest absolute Gasteiger partial charge is 0.395 e.